The summed E-state index contributed by atoms with van der Waals surface area (Å²) in [5, 5.41) is 10.3. The summed E-state index contributed by atoms with van der Waals surface area (Å²) < 4.78 is 16.1. The van der Waals surface area contributed by atoms with Crippen LogP contribution >= 0.6 is 15.9 Å². The van der Waals surface area contributed by atoms with Crippen molar-refractivity contribution >= 4 is 33.4 Å². The summed E-state index contributed by atoms with van der Waals surface area (Å²) in [7, 11) is 2.98. The average molecular weight is 494 g/mol. The van der Waals surface area contributed by atoms with Crippen LogP contribution in [0.4, 0.5) is 0 Å². The maximum absolute atomic E-state index is 13.3. The number of halogens is 1. The summed E-state index contributed by atoms with van der Waals surface area (Å²) in [4.78, 5) is 31.1. The van der Waals surface area contributed by atoms with Gasteiger partial charge in [-0.3, -0.25) is 14.6 Å². The van der Waals surface area contributed by atoms with E-state index < -0.39 is 17.8 Å². The van der Waals surface area contributed by atoms with Crippen LogP contribution in [0.3, 0.4) is 0 Å². The Kier molecular flexibility index (Phi) is 6.91. The molecule has 168 valence electrons. The number of ether oxygens (including phenoxy) is 3. The Balaban J connectivity index is 2.16. The van der Waals surface area contributed by atoms with Crippen LogP contribution in [-0.2, 0) is 19.1 Å². The number of ketones is 1. The third-order valence-electron chi connectivity index (χ3n) is 5.72. The highest BCUT2D eigenvalue weighted by Crippen LogP contribution is 2.49. The van der Waals surface area contributed by atoms with Gasteiger partial charge in [0.05, 0.1) is 18.2 Å². The van der Waals surface area contributed by atoms with Crippen LogP contribution in [0.15, 0.2) is 32.9 Å². The van der Waals surface area contributed by atoms with Crippen molar-refractivity contribution in [3.63, 3.8) is 0 Å². The topological polar surface area (TPSA) is 94.4 Å². The van der Waals surface area contributed by atoms with E-state index in [9.17, 15) is 14.7 Å². The highest BCUT2D eigenvalue weighted by molar-refractivity contribution is 9.10. The summed E-state index contributed by atoms with van der Waals surface area (Å²) in [6.45, 7) is 6.26. The summed E-state index contributed by atoms with van der Waals surface area (Å²) in [5.41, 5.74) is 2.32. The molecule has 0 saturated carbocycles. The molecule has 0 radical (unpaired) electrons. The minimum atomic E-state index is -0.762. The number of nitrogens with zero attached hydrogens (tertiary/aromatic N) is 1. The van der Waals surface area contributed by atoms with Crippen LogP contribution in [0.25, 0.3) is 0 Å². The molecule has 1 heterocycles. The lowest BCUT2D eigenvalue weighted by Gasteiger charge is -2.39. The summed E-state index contributed by atoms with van der Waals surface area (Å²) in [5.74, 6) is -1.63. The lowest BCUT2D eigenvalue weighted by Crippen LogP contribution is -2.39. The maximum atomic E-state index is 13.3. The minimum absolute atomic E-state index is 0.0228. The molecule has 1 unspecified atom stereocenters. The minimum Gasteiger partial charge on any atom is -0.503 e. The first-order chi connectivity index (χ1) is 14.6. The molecule has 0 aromatic heterocycles. The number of aromatic hydroxyl groups is 1. The van der Waals surface area contributed by atoms with Crippen LogP contribution in [-0.4, -0.2) is 50.0 Å². The fraction of sp³-hybridized carbons (Fsp3) is 0.522. The zero-order chi connectivity index (χ0) is 22.9. The van der Waals surface area contributed by atoms with E-state index in [1.807, 2.05) is 13.8 Å². The van der Waals surface area contributed by atoms with E-state index in [-0.39, 0.29) is 35.9 Å². The van der Waals surface area contributed by atoms with E-state index in [4.69, 9.17) is 19.2 Å². The fourth-order valence-electron chi connectivity index (χ4n) is 4.35. The largest absolute Gasteiger partial charge is 0.503 e. The van der Waals surface area contributed by atoms with Crippen molar-refractivity contribution in [2.45, 2.75) is 39.5 Å². The van der Waals surface area contributed by atoms with Gasteiger partial charge in [-0.15, -0.1) is 0 Å². The molecule has 0 fully saturated rings. The van der Waals surface area contributed by atoms with E-state index in [1.54, 1.807) is 19.1 Å². The molecule has 1 aliphatic heterocycles. The Morgan fingerprint density at radius 1 is 1.26 bits per heavy atom. The van der Waals surface area contributed by atoms with Crippen LogP contribution in [0.5, 0.6) is 11.5 Å². The summed E-state index contributed by atoms with van der Waals surface area (Å²) >= 11 is 3.36. The highest BCUT2D eigenvalue weighted by Gasteiger charge is 2.46. The molecule has 1 N–H and O–H groups in total. The van der Waals surface area contributed by atoms with Crippen molar-refractivity contribution < 1.29 is 28.9 Å². The number of benzene rings is 1. The number of rotatable bonds is 6. The van der Waals surface area contributed by atoms with E-state index >= 15 is 0 Å². The van der Waals surface area contributed by atoms with Gasteiger partial charge < -0.3 is 19.3 Å². The molecule has 0 amide bonds. The third kappa shape index (κ3) is 4.70. The predicted octanol–water partition coefficient (Wildman–Crippen LogP) is 4.17. The van der Waals surface area contributed by atoms with Crippen molar-refractivity contribution in [3.05, 3.63) is 33.4 Å². The molecule has 1 aromatic carbocycles. The average Bonchev–Trinajstić information content (AvgIpc) is 2.68. The first-order valence-corrected chi connectivity index (χ1v) is 10.9. The van der Waals surface area contributed by atoms with Gasteiger partial charge >= 0.3 is 5.97 Å². The Labute approximate surface area is 190 Å². The number of phenolic OH excluding ortho intramolecular Hbond substituents is 1. The number of allylic oxidation sites excluding steroid dienone is 2. The number of aliphatic imine (C=N–C) groups is 1. The Hall–Kier alpha value is -2.19. The first kappa shape index (κ1) is 23.5. The molecule has 7 nitrogen and oxygen atoms in total. The Morgan fingerprint density at radius 2 is 1.97 bits per heavy atom. The number of carbonyl (C=O) groups is 2. The second-order valence-corrected chi connectivity index (χ2v) is 9.58. The molecule has 3 rings (SSSR count). The van der Waals surface area contributed by atoms with Crippen molar-refractivity contribution in [3.8, 4) is 11.5 Å². The molecular formula is C23H28BrNO6. The van der Waals surface area contributed by atoms with Crippen molar-refractivity contribution in [2.75, 3.05) is 27.4 Å². The molecule has 0 bridgehead atoms. The second kappa shape index (κ2) is 9.12. The van der Waals surface area contributed by atoms with E-state index in [0.717, 1.165) is 0 Å². The quantitative estimate of drug-likeness (QED) is 0.471. The third-order valence-corrected chi connectivity index (χ3v) is 6.32. The smallest absolute Gasteiger partial charge is 0.315 e. The lowest BCUT2D eigenvalue weighted by molar-refractivity contribution is -0.147. The molecule has 1 aliphatic carbocycles. The SMILES string of the molecule is COCCOC(=O)C1C(C)=NC2=C(C(=O)CC(C)(C)C2)[C@@H]1c1cc(Br)c(O)c(OC)c1. The van der Waals surface area contributed by atoms with Gasteiger partial charge in [-0.05, 0) is 52.4 Å². The normalized spacial score (nSPS) is 22.6. The summed E-state index contributed by atoms with van der Waals surface area (Å²) in [6, 6.07) is 3.38. The number of hydrogen-bond donors (Lipinski definition) is 1. The monoisotopic (exact) mass is 493 g/mol. The number of phenols is 1. The summed E-state index contributed by atoms with van der Waals surface area (Å²) in [6.07, 6.45) is 1.02. The lowest BCUT2D eigenvalue weighted by atomic mass is 9.67. The van der Waals surface area contributed by atoms with E-state index in [2.05, 4.69) is 15.9 Å². The van der Waals surface area contributed by atoms with Gasteiger partial charge in [0.1, 0.15) is 12.5 Å². The molecule has 0 spiro atoms. The van der Waals surface area contributed by atoms with Crippen LogP contribution < -0.4 is 4.74 Å². The van der Waals surface area contributed by atoms with Gasteiger partial charge in [0.2, 0.25) is 0 Å². The zero-order valence-electron chi connectivity index (χ0n) is 18.5. The number of methoxy groups -OCH3 is 2. The van der Waals surface area contributed by atoms with Crippen molar-refractivity contribution in [1.82, 2.24) is 0 Å². The van der Waals surface area contributed by atoms with Crippen LogP contribution in [0, 0.1) is 11.3 Å². The van der Waals surface area contributed by atoms with E-state index in [1.165, 1.54) is 14.2 Å². The Morgan fingerprint density at radius 3 is 2.61 bits per heavy atom. The molecule has 2 aliphatic rings. The molecule has 31 heavy (non-hydrogen) atoms. The maximum Gasteiger partial charge on any atom is 0.315 e. The van der Waals surface area contributed by atoms with Gasteiger partial charge in [-0.2, -0.15) is 0 Å². The number of esters is 1. The van der Waals surface area contributed by atoms with Gasteiger partial charge in [-0.25, -0.2) is 0 Å². The molecule has 8 heteroatoms. The van der Waals surface area contributed by atoms with Gasteiger partial charge in [-0.1, -0.05) is 13.8 Å². The molecule has 1 aromatic rings. The van der Waals surface area contributed by atoms with Crippen LogP contribution in [0.2, 0.25) is 0 Å². The van der Waals surface area contributed by atoms with Gasteiger partial charge in [0, 0.05) is 36.4 Å². The Bertz CT molecular complexity index is 965. The zero-order valence-corrected chi connectivity index (χ0v) is 20.0. The van der Waals surface area contributed by atoms with Gasteiger partial charge in [0.15, 0.2) is 17.3 Å². The molecule has 0 saturated heterocycles. The predicted molar refractivity (Wildman–Crippen MR) is 120 cm³/mol. The highest BCUT2D eigenvalue weighted by atomic mass is 79.9. The number of carbonyl (C=O) groups excluding carboxylic acids is 2. The molecule has 2 atom stereocenters. The number of Topliss-reactive ketones (excluding diaryl/α,β-unsaturated/α-hetero) is 1. The first-order valence-electron chi connectivity index (χ1n) is 10.1. The number of hydrogen-bond acceptors (Lipinski definition) is 7. The second-order valence-electron chi connectivity index (χ2n) is 8.72. The van der Waals surface area contributed by atoms with Crippen molar-refractivity contribution in [1.29, 1.82) is 0 Å². The van der Waals surface area contributed by atoms with Gasteiger partial charge in [0.25, 0.3) is 0 Å². The molecular weight excluding hydrogens is 466 g/mol. The van der Waals surface area contributed by atoms with E-state index in [0.29, 0.717) is 39.9 Å². The van der Waals surface area contributed by atoms with Crippen molar-refractivity contribution in [2.24, 2.45) is 16.3 Å². The standard InChI is InChI=1S/C23H28BrNO6/c1-12-18(22(28)31-7-6-29-4)19(13-8-14(24)21(27)17(9-13)30-5)20-15(25-12)10-23(2,3)11-16(20)26/h8-9,18-19,27H,6-7,10-11H2,1-5H3/t18?,19-/m1/s1. The van der Waals surface area contributed by atoms with Crippen LogP contribution in [0.1, 0.15) is 45.1 Å². The fourth-order valence-corrected chi connectivity index (χ4v) is 4.81.